The SMILES string of the molecule is COc1ccc(N2C(N)=C(C#N)[C@H](c3ccc4c(c3)OCO4)C3=C2CC(C)(C)CC3=O)cc1. The molecular weight excluding hydrogens is 418 g/mol. The van der Waals surface area contributed by atoms with Gasteiger partial charge in [-0.2, -0.15) is 5.26 Å². The van der Waals surface area contributed by atoms with E-state index in [1.54, 1.807) is 7.11 Å². The first-order valence-corrected chi connectivity index (χ1v) is 10.8. The number of methoxy groups -OCH3 is 1. The highest BCUT2D eigenvalue weighted by atomic mass is 16.7. The molecule has 7 nitrogen and oxygen atoms in total. The summed E-state index contributed by atoms with van der Waals surface area (Å²) in [5.74, 6) is 1.77. The summed E-state index contributed by atoms with van der Waals surface area (Å²) in [7, 11) is 1.61. The van der Waals surface area contributed by atoms with Crippen molar-refractivity contribution in [2.75, 3.05) is 18.8 Å². The number of carbonyl (C=O) groups is 1. The van der Waals surface area contributed by atoms with Gasteiger partial charge in [-0.25, -0.2) is 0 Å². The highest BCUT2D eigenvalue weighted by Gasteiger charge is 2.45. The van der Waals surface area contributed by atoms with Crippen molar-refractivity contribution in [3.8, 4) is 23.3 Å². The number of nitrogens with zero attached hydrogens (tertiary/aromatic N) is 2. The number of nitriles is 1. The zero-order valence-corrected chi connectivity index (χ0v) is 18.8. The molecule has 2 heterocycles. The zero-order chi connectivity index (χ0) is 23.3. The third-order valence-electron chi connectivity index (χ3n) is 6.44. The first kappa shape index (κ1) is 21.0. The lowest BCUT2D eigenvalue weighted by molar-refractivity contribution is -0.118. The van der Waals surface area contributed by atoms with Gasteiger partial charge in [0.15, 0.2) is 17.3 Å². The Morgan fingerprint density at radius 3 is 2.55 bits per heavy atom. The van der Waals surface area contributed by atoms with E-state index in [9.17, 15) is 10.1 Å². The van der Waals surface area contributed by atoms with Gasteiger partial charge >= 0.3 is 0 Å². The van der Waals surface area contributed by atoms with E-state index < -0.39 is 5.92 Å². The molecule has 1 atom stereocenters. The van der Waals surface area contributed by atoms with Crippen molar-refractivity contribution in [1.29, 1.82) is 5.26 Å². The number of carbonyl (C=O) groups excluding carboxylic acids is 1. The summed E-state index contributed by atoms with van der Waals surface area (Å²) < 4.78 is 16.3. The lowest BCUT2D eigenvalue weighted by Crippen LogP contribution is -2.42. The van der Waals surface area contributed by atoms with Gasteiger partial charge in [-0.15, -0.1) is 0 Å². The van der Waals surface area contributed by atoms with E-state index in [0.717, 1.165) is 16.9 Å². The van der Waals surface area contributed by atoms with Crippen LogP contribution in [0.3, 0.4) is 0 Å². The monoisotopic (exact) mass is 443 g/mol. The average Bonchev–Trinajstić information content (AvgIpc) is 3.25. The molecule has 0 radical (unpaired) electrons. The number of ketones is 1. The molecule has 7 heteroatoms. The van der Waals surface area contributed by atoms with Crippen molar-refractivity contribution < 1.29 is 19.0 Å². The summed E-state index contributed by atoms with van der Waals surface area (Å²) in [5.41, 5.74) is 9.80. The van der Waals surface area contributed by atoms with Gasteiger partial charge in [0.25, 0.3) is 0 Å². The Kier molecular flexibility index (Phi) is 4.82. The Bertz CT molecular complexity index is 1250. The fourth-order valence-electron chi connectivity index (χ4n) is 4.96. The van der Waals surface area contributed by atoms with Gasteiger partial charge in [0.1, 0.15) is 11.6 Å². The van der Waals surface area contributed by atoms with Crippen LogP contribution in [0.2, 0.25) is 0 Å². The number of allylic oxidation sites excluding steroid dienone is 3. The van der Waals surface area contributed by atoms with E-state index in [1.807, 2.05) is 47.4 Å². The first-order chi connectivity index (χ1) is 15.8. The van der Waals surface area contributed by atoms with Crippen molar-refractivity contribution in [1.82, 2.24) is 0 Å². The molecule has 0 spiro atoms. The molecule has 0 aromatic heterocycles. The number of anilines is 1. The minimum absolute atomic E-state index is 0.0303. The van der Waals surface area contributed by atoms with Crippen molar-refractivity contribution >= 4 is 11.5 Å². The van der Waals surface area contributed by atoms with Crippen LogP contribution in [0.1, 0.15) is 38.2 Å². The van der Waals surface area contributed by atoms with E-state index in [-0.39, 0.29) is 18.0 Å². The number of nitrogens with two attached hydrogens (primary N) is 1. The van der Waals surface area contributed by atoms with E-state index in [0.29, 0.717) is 47.1 Å². The highest BCUT2D eigenvalue weighted by molar-refractivity contribution is 6.01. The molecule has 2 aromatic rings. The molecule has 0 bridgehead atoms. The molecule has 168 valence electrons. The molecule has 5 rings (SSSR count). The third kappa shape index (κ3) is 3.39. The second-order valence-corrected chi connectivity index (χ2v) is 9.29. The predicted octanol–water partition coefficient (Wildman–Crippen LogP) is 4.36. The molecule has 1 aliphatic carbocycles. The van der Waals surface area contributed by atoms with E-state index >= 15 is 0 Å². The lowest BCUT2D eigenvalue weighted by atomic mass is 9.68. The molecular formula is C26H25N3O4. The summed E-state index contributed by atoms with van der Waals surface area (Å²) in [6.07, 6.45) is 1.06. The zero-order valence-electron chi connectivity index (χ0n) is 18.8. The number of ether oxygens (including phenoxy) is 3. The number of hydrogen-bond donors (Lipinski definition) is 1. The second-order valence-electron chi connectivity index (χ2n) is 9.29. The van der Waals surface area contributed by atoms with Crippen molar-refractivity contribution in [2.24, 2.45) is 11.1 Å². The molecule has 0 saturated carbocycles. The Morgan fingerprint density at radius 2 is 1.85 bits per heavy atom. The van der Waals surface area contributed by atoms with Crippen LogP contribution in [-0.2, 0) is 4.79 Å². The summed E-state index contributed by atoms with van der Waals surface area (Å²) in [6.45, 7) is 4.31. The number of benzene rings is 2. The second kappa shape index (κ2) is 7.59. The van der Waals surface area contributed by atoms with E-state index in [1.165, 1.54) is 0 Å². The van der Waals surface area contributed by atoms with Gasteiger partial charge in [-0.3, -0.25) is 9.69 Å². The van der Waals surface area contributed by atoms with Crippen LogP contribution >= 0.6 is 0 Å². The molecule has 0 fully saturated rings. The van der Waals surface area contributed by atoms with E-state index in [4.69, 9.17) is 19.9 Å². The normalized spacial score (nSPS) is 21.1. The van der Waals surface area contributed by atoms with Crippen LogP contribution in [0.15, 0.2) is 65.1 Å². The maximum absolute atomic E-state index is 13.6. The molecule has 2 aromatic carbocycles. The van der Waals surface area contributed by atoms with Crippen LogP contribution in [0.4, 0.5) is 5.69 Å². The van der Waals surface area contributed by atoms with Crippen LogP contribution in [-0.4, -0.2) is 19.7 Å². The maximum atomic E-state index is 13.6. The van der Waals surface area contributed by atoms with Gasteiger partial charge in [0.2, 0.25) is 6.79 Å². The molecule has 33 heavy (non-hydrogen) atoms. The Morgan fingerprint density at radius 1 is 1.12 bits per heavy atom. The number of Topliss-reactive ketones (excluding diaryl/α,β-unsaturated/α-hetero) is 1. The minimum atomic E-state index is -0.558. The average molecular weight is 444 g/mol. The van der Waals surface area contributed by atoms with Gasteiger partial charge in [0, 0.05) is 23.4 Å². The summed E-state index contributed by atoms with van der Waals surface area (Å²) in [6, 6.07) is 15.3. The van der Waals surface area contributed by atoms with E-state index in [2.05, 4.69) is 19.9 Å². The van der Waals surface area contributed by atoms with Crippen LogP contribution in [0, 0.1) is 16.7 Å². The summed E-state index contributed by atoms with van der Waals surface area (Å²) in [5, 5.41) is 10.2. The molecule has 2 N–H and O–H groups in total. The number of fused-ring (bicyclic) bond motifs is 1. The number of rotatable bonds is 3. The molecule has 0 amide bonds. The fraction of sp³-hybridized carbons (Fsp3) is 0.308. The smallest absolute Gasteiger partial charge is 0.231 e. The Hall–Kier alpha value is -3.92. The van der Waals surface area contributed by atoms with Crippen molar-refractivity contribution in [3.63, 3.8) is 0 Å². The topological polar surface area (TPSA) is 97.8 Å². The predicted molar refractivity (Wildman–Crippen MR) is 123 cm³/mol. The third-order valence-corrected chi connectivity index (χ3v) is 6.44. The largest absolute Gasteiger partial charge is 0.497 e. The highest BCUT2D eigenvalue weighted by Crippen LogP contribution is 2.51. The van der Waals surface area contributed by atoms with Gasteiger partial charge in [0.05, 0.1) is 24.7 Å². The number of hydrogen-bond acceptors (Lipinski definition) is 7. The maximum Gasteiger partial charge on any atom is 0.231 e. The van der Waals surface area contributed by atoms with Gasteiger partial charge < -0.3 is 19.9 Å². The quantitative estimate of drug-likeness (QED) is 0.752. The van der Waals surface area contributed by atoms with Crippen LogP contribution < -0.4 is 24.8 Å². The molecule has 0 saturated heterocycles. The summed E-state index contributed by atoms with van der Waals surface area (Å²) in [4.78, 5) is 15.4. The Balaban J connectivity index is 1.72. The standard InChI is InChI=1S/C26H25N3O4/c1-26(2)11-19-24(20(30)12-26)23(15-4-9-21-22(10-15)33-14-32-21)18(13-27)25(28)29(19)16-5-7-17(31-3)8-6-16/h4-10,23H,11-12,14,28H2,1-3H3/t23-/m0/s1. The van der Waals surface area contributed by atoms with Crippen LogP contribution in [0.5, 0.6) is 17.2 Å². The fourth-order valence-corrected chi connectivity index (χ4v) is 4.96. The molecule has 0 unspecified atom stereocenters. The Labute approximate surface area is 192 Å². The molecule has 3 aliphatic rings. The van der Waals surface area contributed by atoms with Crippen LogP contribution in [0.25, 0.3) is 0 Å². The van der Waals surface area contributed by atoms with Gasteiger partial charge in [-0.1, -0.05) is 19.9 Å². The minimum Gasteiger partial charge on any atom is -0.497 e. The summed E-state index contributed by atoms with van der Waals surface area (Å²) >= 11 is 0. The van der Waals surface area contributed by atoms with Gasteiger partial charge in [-0.05, 0) is 53.8 Å². The molecule has 2 aliphatic heterocycles. The van der Waals surface area contributed by atoms with Crippen molar-refractivity contribution in [2.45, 2.75) is 32.6 Å². The first-order valence-electron chi connectivity index (χ1n) is 10.8. The lowest BCUT2D eigenvalue weighted by Gasteiger charge is -2.43. The van der Waals surface area contributed by atoms with Crippen molar-refractivity contribution in [3.05, 3.63) is 70.7 Å².